The van der Waals surface area contributed by atoms with E-state index >= 15 is 0 Å². The van der Waals surface area contributed by atoms with Gasteiger partial charge in [0.1, 0.15) is 5.82 Å². The van der Waals surface area contributed by atoms with Crippen LogP contribution in [-0.2, 0) is 4.74 Å². The molecule has 0 aliphatic heterocycles. The monoisotopic (exact) mass is 263 g/mol. The summed E-state index contributed by atoms with van der Waals surface area (Å²) in [6.07, 6.45) is 3.59. The lowest BCUT2D eigenvalue weighted by atomic mass is 10.2. The van der Waals surface area contributed by atoms with E-state index in [-0.39, 0.29) is 11.9 Å². The zero-order valence-electron chi connectivity index (χ0n) is 11.4. The fraction of sp³-hybridized carbons (Fsp3) is 0.357. The van der Waals surface area contributed by atoms with Gasteiger partial charge in [0.2, 0.25) is 5.95 Å². The Hall–Kier alpha value is -1.88. The quantitative estimate of drug-likeness (QED) is 0.899. The number of nitrogens with one attached hydrogen (secondary N) is 1. The third kappa shape index (κ3) is 2.93. The molecule has 102 valence electrons. The van der Waals surface area contributed by atoms with E-state index in [1.807, 2.05) is 23.8 Å². The lowest BCUT2D eigenvalue weighted by Crippen LogP contribution is -2.13. The third-order valence-electron chi connectivity index (χ3n) is 3.07. The van der Waals surface area contributed by atoms with E-state index in [4.69, 9.17) is 4.74 Å². The number of benzene rings is 1. The largest absolute Gasteiger partial charge is 0.383 e. The van der Waals surface area contributed by atoms with Crippen molar-refractivity contribution in [3.8, 4) is 0 Å². The molecule has 0 aliphatic carbocycles. The fourth-order valence-corrected chi connectivity index (χ4v) is 1.95. The van der Waals surface area contributed by atoms with Crippen molar-refractivity contribution >= 4 is 11.6 Å². The molecule has 0 fully saturated rings. The Kier molecular flexibility index (Phi) is 4.16. The van der Waals surface area contributed by atoms with Crippen LogP contribution in [-0.4, -0.2) is 23.3 Å². The summed E-state index contributed by atoms with van der Waals surface area (Å²) < 4.78 is 20.6. The van der Waals surface area contributed by atoms with Crippen molar-refractivity contribution < 1.29 is 9.13 Å². The molecule has 1 aromatic carbocycles. The molecular formula is C14H18FN3O. The molecular weight excluding hydrogens is 245 g/mol. The van der Waals surface area contributed by atoms with Crippen LogP contribution in [0.15, 0.2) is 30.6 Å². The highest BCUT2D eigenvalue weighted by atomic mass is 19.1. The molecule has 0 saturated carbocycles. The number of hydrogen-bond acceptors (Lipinski definition) is 3. The van der Waals surface area contributed by atoms with E-state index in [1.165, 1.54) is 6.07 Å². The SMILES string of the molecule is COCC(C)n1ccnc1Nc1cccc(F)c1C. The predicted molar refractivity (Wildman–Crippen MR) is 73.2 cm³/mol. The standard InChI is InChI=1S/C14H18FN3O/c1-10(9-19-3)18-8-7-16-14(18)17-13-6-4-5-12(15)11(13)2/h4-8,10H,9H2,1-3H3,(H,16,17). The van der Waals surface area contributed by atoms with Crippen LogP contribution in [0, 0.1) is 12.7 Å². The summed E-state index contributed by atoms with van der Waals surface area (Å²) >= 11 is 0. The van der Waals surface area contributed by atoms with Gasteiger partial charge in [-0.1, -0.05) is 6.07 Å². The van der Waals surface area contributed by atoms with Crippen molar-refractivity contribution in [2.75, 3.05) is 19.0 Å². The molecule has 0 bridgehead atoms. The van der Waals surface area contributed by atoms with E-state index in [1.54, 1.807) is 26.3 Å². The Morgan fingerprint density at radius 2 is 2.26 bits per heavy atom. The van der Waals surface area contributed by atoms with Crippen LogP contribution in [0.3, 0.4) is 0 Å². The molecule has 2 rings (SSSR count). The van der Waals surface area contributed by atoms with Gasteiger partial charge in [-0.05, 0) is 26.0 Å². The van der Waals surface area contributed by atoms with Gasteiger partial charge in [-0.25, -0.2) is 9.37 Å². The second kappa shape index (κ2) is 5.84. The first-order valence-electron chi connectivity index (χ1n) is 6.17. The summed E-state index contributed by atoms with van der Waals surface area (Å²) in [6.45, 7) is 4.37. The Balaban J connectivity index is 2.24. The van der Waals surface area contributed by atoms with E-state index in [0.717, 1.165) is 5.69 Å². The maximum absolute atomic E-state index is 13.5. The Labute approximate surface area is 112 Å². The number of hydrogen-bond donors (Lipinski definition) is 1. The topological polar surface area (TPSA) is 39.1 Å². The lowest BCUT2D eigenvalue weighted by molar-refractivity contribution is 0.163. The number of halogens is 1. The van der Waals surface area contributed by atoms with Gasteiger partial charge in [-0.3, -0.25) is 0 Å². The fourth-order valence-electron chi connectivity index (χ4n) is 1.95. The van der Waals surface area contributed by atoms with Crippen LogP contribution in [0.25, 0.3) is 0 Å². The van der Waals surface area contributed by atoms with Crippen LogP contribution in [0.2, 0.25) is 0 Å². The molecule has 0 aliphatic rings. The average Bonchev–Trinajstić information content (AvgIpc) is 2.83. The molecule has 1 atom stereocenters. The minimum Gasteiger partial charge on any atom is -0.383 e. The molecule has 0 spiro atoms. The van der Waals surface area contributed by atoms with Crippen molar-refractivity contribution in [3.05, 3.63) is 42.0 Å². The highest BCUT2D eigenvalue weighted by Gasteiger charge is 2.11. The number of aromatic nitrogens is 2. The van der Waals surface area contributed by atoms with E-state index in [0.29, 0.717) is 18.1 Å². The summed E-state index contributed by atoms with van der Waals surface area (Å²) in [5, 5.41) is 3.16. The van der Waals surface area contributed by atoms with Crippen LogP contribution in [0.5, 0.6) is 0 Å². The number of nitrogens with zero attached hydrogens (tertiary/aromatic N) is 2. The molecule has 1 N–H and O–H groups in total. The Morgan fingerprint density at radius 1 is 1.47 bits per heavy atom. The van der Waals surface area contributed by atoms with Crippen LogP contribution in [0.1, 0.15) is 18.5 Å². The highest BCUT2D eigenvalue weighted by Crippen LogP contribution is 2.23. The van der Waals surface area contributed by atoms with Crippen molar-refractivity contribution in [2.45, 2.75) is 19.9 Å². The van der Waals surface area contributed by atoms with Crippen LogP contribution < -0.4 is 5.32 Å². The van der Waals surface area contributed by atoms with Gasteiger partial charge in [0, 0.05) is 30.8 Å². The molecule has 5 heteroatoms. The summed E-state index contributed by atoms with van der Waals surface area (Å²) in [4.78, 5) is 4.26. The molecule has 0 saturated heterocycles. The molecule has 19 heavy (non-hydrogen) atoms. The second-order valence-corrected chi connectivity index (χ2v) is 4.50. The number of rotatable bonds is 5. The first kappa shape index (κ1) is 13.5. The zero-order chi connectivity index (χ0) is 13.8. The first-order chi connectivity index (χ1) is 9.13. The number of ether oxygens (including phenoxy) is 1. The van der Waals surface area contributed by atoms with Gasteiger partial charge in [-0.2, -0.15) is 0 Å². The second-order valence-electron chi connectivity index (χ2n) is 4.50. The number of methoxy groups -OCH3 is 1. The summed E-state index contributed by atoms with van der Waals surface area (Å²) in [7, 11) is 1.66. The minimum absolute atomic E-state index is 0.156. The van der Waals surface area contributed by atoms with E-state index < -0.39 is 0 Å². The van der Waals surface area contributed by atoms with Crippen molar-refractivity contribution in [2.24, 2.45) is 0 Å². The van der Waals surface area contributed by atoms with Gasteiger partial charge < -0.3 is 14.6 Å². The van der Waals surface area contributed by atoms with Gasteiger partial charge in [-0.15, -0.1) is 0 Å². The Morgan fingerprint density at radius 3 is 3.00 bits per heavy atom. The maximum atomic E-state index is 13.5. The smallest absolute Gasteiger partial charge is 0.207 e. The summed E-state index contributed by atoms with van der Waals surface area (Å²) in [6, 6.07) is 5.11. The van der Waals surface area contributed by atoms with Crippen molar-refractivity contribution in [1.29, 1.82) is 0 Å². The average molecular weight is 263 g/mol. The van der Waals surface area contributed by atoms with Crippen molar-refractivity contribution in [1.82, 2.24) is 9.55 Å². The van der Waals surface area contributed by atoms with E-state index in [2.05, 4.69) is 10.3 Å². The van der Waals surface area contributed by atoms with Crippen molar-refractivity contribution in [3.63, 3.8) is 0 Å². The normalized spacial score (nSPS) is 12.4. The molecule has 4 nitrogen and oxygen atoms in total. The minimum atomic E-state index is -0.229. The third-order valence-corrected chi connectivity index (χ3v) is 3.07. The predicted octanol–water partition coefficient (Wildman–Crippen LogP) is 3.28. The van der Waals surface area contributed by atoms with E-state index in [9.17, 15) is 4.39 Å². The Bertz CT molecular complexity index is 553. The molecule has 0 amide bonds. The summed E-state index contributed by atoms with van der Waals surface area (Å²) in [5.74, 6) is 0.450. The van der Waals surface area contributed by atoms with Crippen LogP contribution >= 0.6 is 0 Å². The van der Waals surface area contributed by atoms with Gasteiger partial charge in [0.15, 0.2) is 0 Å². The zero-order valence-corrected chi connectivity index (χ0v) is 11.4. The molecule has 2 aromatic rings. The molecule has 1 heterocycles. The van der Waals surface area contributed by atoms with Gasteiger partial charge in [0.05, 0.1) is 12.6 Å². The highest BCUT2D eigenvalue weighted by molar-refractivity contribution is 5.58. The van der Waals surface area contributed by atoms with Gasteiger partial charge in [0.25, 0.3) is 0 Å². The number of anilines is 2. The molecule has 1 unspecified atom stereocenters. The molecule has 0 radical (unpaired) electrons. The first-order valence-corrected chi connectivity index (χ1v) is 6.17. The maximum Gasteiger partial charge on any atom is 0.207 e. The number of imidazole rings is 1. The van der Waals surface area contributed by atoms with Crippen LogP contribution in [0.4, 0.5) is 16.0 Å². The van der Waals surface area contributed by atoms with Gasteiger partial charge >= 0.3 is 0 Å². The lowest BCUT2D eigenvalue weighted by Gasteiger charge is -2.17. The summed E-state index contributed by atoms with van der Waals surface area (Å²) in [5.41, 5.74) is 1.30. The molecule has 1 aromatic heterocycles.